The third-order valence-corrected chi connectivity index (χ3v) is 2.28. The number of benzene rings is 2. The van der Waals surface area contributed by atoms with E-state index in [2.05, 4.69) is 12.1 Å². The van der Waals surface area contributed by atoms with Crippen molar-refractivity contribution in [1.82, 2.24) is 0 Å². The first-order valence-corrected chi connectivity index (χ1v) is 4.31. The fourth-order valence-electron chi connectivity index (χ4n) is 1.67. The molecule has 0 bridgehead atoms. The van der Waals surface area contributed by atoms with Gasteiger partial charge in [-0.25, -0.2) is 0 Å². The number of furan rings is 1. The molecule has 0 saturated carbocycles. The quantitative estimate of drug-likeness (QED) is 0.272. The van der Waals surface area contributed by atoms with E-state index < -0.39 is 0 Å². The van der Waals surface area contributed by atoms with Crippen molar-refractivity contribution in [2.24, 2.45) is 0 Å². The Kier molecular flexibility index (Phi) is 24.1. The third kappa shape index (κ3) is 6.30. The van der Waals surface area contributed by atoms with Crippen LogP contribution in [0.5, 0.6) is 0 Å². The van der Waals surface area contributed by atoms with Crippen LogP contribution in [0.3, 0.4) is 0 Å². The van der Waals surface area contributed by atoms with Gasteiger partial charge in [0.2, 0.25) is 0 Å². The molecule has 3 rings (SSSR count). The smallest absolute Gasteiger partial charge is 0.135 e. The highest BCUT2D eigenvalue weighted by Crippen LogP contribution is 2.27. The summed E-state index contributed by atoms with van der Waals surface area (Å²) in [5, 5.41) is 2.39. The molecule has 0 aliphatic heterocycles. The first-order chi connectivity index (χ1) is 6.45. The molecular formula is C12H8Br3Cl4O-7. The van der Waals surface area contributed by atoms with Crippen LogP contribution in [0, 0.1) is 0 Å². The van der Waals surface area contributed by atoms with Gasteiger partial charge in [-0.15, -0.1) is 0 Å². The number of hydrogen-bond acceptors (Lipinski definition) is 1. The van der Waals surface area contributed by atoms with Crippen LogP contribution >= 0.6 is 0 Å². The Balaban J connectivity index is -0.000000107. The molecule has 3 aromatic rings. The zero-order valence-corrected chi connectivity index (χ0v) is 17.5. The Morgan fingerprint density at radius 3 is 1.15 bits per heavy atom. The van der Waals surface area contributed by atoms with E-state index in [0.717, 1.165) is 11.2 Å². The summed E-state index contributed by atoms with van der Waals surface area (Å²) in [5.41, 5.74) is 1.92. The lowest BCUT2D eigenvalue weighted by atomic mass is 10.2. The van der Waals surface area contributed by atoms with Crippen LogP contribution in [0.25, 0.3) is 21.9 Å². The van der Waals surface area contributed by atoms with Crippen molar-refractivity contribution < 1.29 is 105 Å². The van der Waals surface area contributed by atoms with Crippen molar-refractivity contribution in [3.8, 4) is 0 Å². The molecule has 0 spiro atoms. The molecule has 1 heterocycles. The Morgan fingerprint density at radius 2 is 0.800 bits per heavy atom. The van der Waals surface area contributed by atoms with Gasteiger partial charge < -0.3 is 105 Å². The molecule has 8 heteroatoms. The van der Waals surface area contributed by atoms with Crippen molar-refractivity contribution in [2.75, 3.05) is 0 Å². The number of rotatable bonds is 0. The second-order valence-electron chi connectivity index (χ2n) is 3.09. The molecule has 0 aliphatic rings. The van der Waals surface area contributed by atoms with Gasteiger partial charge in [-0.3, -0.25) is 0 Å². The normalized spacial score (nSPS) is 7.20. The molecule has 0 unspecified atom stereocenters. The van der Waals surface area contributed by atoms with E-state index in [4.69, 9.17) is 4.42 Å². The summed E-state index contributed by atoms with van der Waals surface area (Å²) < 4.78 is 5.65. The summed E-state index contributed by atoms with van der Waals surface area (Å²) >= 11 is 0. The molecule has 0 atom stereocenters. The van der Waals surface area contributed by atoms with E-state index in [1.165, 1.54) is 10.8 Å². The summed E-state index contributed by atoms with van der Waals surface area (Å²) in [6.07, 6.45) is 0. The van der Waals surface area contributed by atoms with Crippen molar-refractivity contribution in [3.05, 3.63) is 48.5 Å². The molecule has 118 valence electrons. The average molecular weight is 550 g/mol. The van der Waals surface area contributed by atoms with Crippen molar-refractivity contribution in [1.29, 1.82) is 0 Å². The van der Waals surface area contributed by atoms with E-state index in [9.17, 15) is 0 Å². The van der Waals surface area contributed by atoms with Crippen molar-refractivity contribution in [2.45, 2.75) is 0 Å². The molecule has 0 N–H and O–H groups in total. The first-order valence-electron chi connectivity index (χ1n) is 4.31. The molecule has 0 saturated heterocycles. The number of para-hydroxylation sites is 2. The minimum Gasteiger partial charge on any atom is -1.00 e. The standard InChI is InChI=1S/C12H8O.3BrH.4ClH/c1-3-7-11-9(5-1)10-6-2-4-8-12(10)13-11;;;;;;;/h1-8H;7*1H/p-7. The van der Waals surface area contributed by atoms with E-state index in [-0.39, 0.29) is 101 Å². The fourth-order valence-corrected chi connectivity index (χ4v) is 1.67. The minimum atomic E-state index is 0. The highest BCUT2D eigenvalue weighted by atomic mass is 79.9. The van der Waals surface area contributed by atoms with Gasteiger partial charge in [0, 0.05) is 10.8 Å². The van der Waals surface area contributed by atoms with Gasteiger partial charge in [-0.2, -0.15) is 0 Å². The maximum Gasteiger partial charge on any atom is 0.135 e. The fraction of sp³-hybridized carbons (Fsp3) is 0. The van der Waals surface area contributed by atoms with Crippen LogP contribution in [0.1, 0.15) is 0 Å². The Labute approximate surface area is 174 Å². The predicted molar refractivity (Wildman–Crippen MR) is 53.7 cm³/mol. The van der Waals surface area contributed by atoms with Gasteiger partial charge >= 0.3 is 0 Å². The zero-order chi connectivity index (χ0) is 8.67. The topological polar surface area (TPSA) is 13.1 Å². The molecule has 0 aliphatic carbocycles. The lowest BCUT2D eigenvalue weighted by Gasteiger charge is -1.85. The largest absolute Gasteiger partial charge is 1.00 e. The highest BCUT2D eigenvalue weighted by Gasteiger charge is 2.03. The molecule has 1 aromatic heterocycles. The average Bonchev–Trinajstić information content (AvgIpc) is 2.56. The summed E-state index contributed by atoms with van der Waals surface area (Å²) in [7, 11) is 0. The van der Waals surface area contributed by atoms with Gasteiger partial charge in [0.25, 0.3) is 0 Å². The molecule has 0 amide bonds. The zero-order valence-electron chi connectivity index (χ0n) is 9.67. The Hall–Kier alpha value is 0.840. The minimum absolute atomic E-state index is 0. The van der Waals surface area contributed by atoms with Crippen LogP contribution < -0.4 is 101 Å². The second-order valence-corrected chi connectivity index (χ2v) is 3.09. The van der Waals surface area contributed by atoms with E-state index in [1.807, 2.05) is 36.4 Å². The number of fused-ring (bicyclic) bond motifs is 3. The highest BCUT2D eigenvalue weighted by molar-refractivity contribution is 6.04. The molecule has 20 heavy (non-hydrogen) atoms. The van der Waals surface area contributed by atoms with E-state index >= 15 is 0 Å². The Bertz CT molecular complexity index is 538. The third-order valence-electron chi connectivity index (χ3n) is 2.28. The van der Waals surface area contributed by atoms with Crippen molar-refractivity contribution >= 4 is 21.9 Å². The maximum absolute atomic E-state index is 5.65. The summed E-state index contributed by atoms with van der Waals surface area (Å²) in [6, 6.07) is 16.2. The first kappa shape index (κ1) is 32.7. The summed E-state index contributed by atoms with van der Waals surface area (Å²) in [4.78, 5) is 0. The maximum atomic E-state index is 5.65. The lowest BCUT2D eigenvalue weighted by molar-refractivity contribution is -0.00100. The van der Waals surface area contributed by atoms with Gasteiger partial charge in [0.05, 0.1) is 0 Å². The van der Waals surface area contributed by atoms with Crippen LogP contribution in [0.15, 0.2) is 52.9 Å². The van der Waals surface area contributed by atoms with Gasteiger partial charge in [0.1, 0.15) is 11.2 Å². The van der Waals surface area contributed by atoms with Crippen LogP contribution in [0.2, 0.25) is 0 Å². The second kappa shape index (κ2) is 14.8. The monoisotopic (exact) mass is 545 g/mol. The number of halogens is 7. The SMILES string of the molecule is [Br-].[Br-].[Br-].[Cl-].[Cl-].[Cl-].[Cl-].c1ccc2c(c1)oc1ccccc12. The van der Waals surface area contributed by atoms with Crippen LogP contribution in [0.4, 0.5) is 0 Å². The van der Waals surface area contributed by atoms with Gasteiger partial charge in [-0.05, 0) is 12.1 Å². The molecule has 0 radical (unpaired) electrons. The summed E-state index contributed by atoms with van der Waals surface area (Å²) in [5.74, 6) is 0. The lowest BCUT2D eigenvalue weighted by Crippen LogP contribution is -3.00. The van der Waals surface area contributed by atoms with E-state index in [1.54, 1.807) is 0 Å². The van der Waals surface area contributed by atoms with Gasteiger partial charge in [-0.1, -0.05) is 36.4 Å². The van der Waals surface area contributed by atoms with E-state index in [0.29, 0.717) is 0 Å². The summed E-state index contributed by atoms with van der Waals surface area (Å²) in [6.45, 7) is 0. The molecule has 2 aromatic carbocycles. The van der Waals surface area contributed by atoms with Gasteiger partial charge in [0.15, 0.2) is 0 Å². The molecule has 0 fully saturated rings. The molecular weight excluding hydrogens is 542 g/mol. The number of hydrogen-bond donors (Lipinski definition) is 0. The molecule has 1 nitrogen and oxygen atoms in total. The van der Waals surface area contributed by atoms with Crippen LogP contribution in [-0.2, 0) is 0 Å². The van der Waals surface area contributed by atoms with Crippen LogP contribution in [-0.4, -0.2) is 0 Å². The Morgan fingerprint density at radius 1 is 0.500 bits per heavy atom. The predicted octanol–water partition coefficient (Wildman–Crippen LogP) is -17.4. The van der Waals surface area contributed by atoms with Crippen molar-refractivity contribution in [3.63, 3.8) is 0 Å².